The van der Waals surface area contributed by atoms with E-state index in [4.69, 9.17) is 4.42 Å². The summed E-state index contributed by atoms with van der Waals surface area (Å²) in [6.07, 6.45) is 3.84. The van der Waals surface area contributed by atoms with Gasteiger partial charge in [0.25, 0.3) is 5.91 Å². The Labute approximate surface area is 131 Å². The maximum Gasteiger partial charge on any atom is 0.325 e. The van der Waals surface area contributed by atoms with Crippen molar-refractivity contribution in [1.82, 2.24) is 15.2 Å². The minimum absolute atomic E-state index is 0.123. The van der Waals surface area contributed by atoms with Crippen LogP contribution in [-0.2, 0) is 23.3 Å². The average Bonchev–Trinajstić information content (AvgIpc) is 3.17. The summed E-state index contributed by atoms with van der Waals surface area (Å²) in [5.41, 5.74) is 0.763. The van der Waals surface area contributed by atoms with Gasteiger partial charge in [0.2, 0.25) is 0 Å². The van der Waals surface area contributed by atoms with E-state index in [9.17, 15) is 9.59 Å². The smallest absolute Gasteiger partial charge is 0.325 e. The summed E-state index contributed by atoms with van der Waals surface area (Å²) in [6, 6.07) is 1.60. The molecule has 1 atom stereocenters. The van der Waals surface area contributed by atoms with Crippen LogP contribution in [0.5, 0.6) is 0 Å². The minimum Gasteiger partial charge on any atom is -0.446 e. The Morgan fingerprint density at radius 2 is 2.36 bits per heavy atom. The number of hydrogen-bond donors (Lipinski definition) is 1. The molecule has 3 amide bonds. The van der Waals surface area contributed by atoms with Crippen LogP contribution in [0.1, 0.15) is 34.7 Å². The van der Waals surface area contributed by atoms with Crippen molar-refractivity contribution in [1.29, 1.82) is 0 Å². The first-order valence-electron chi connectivity index (χ1n) is 7.22. The molecule has 1 aliphatic heterocycles. The number of carbonyl (C=O) groups excluding carboxylic acids is 2. The van der Waals surface area contributed by atoms with Gasteiger partial charge in [0.1, 0.15) is 11.3 Å². The van der Waals surface area contributed by atoms with Crippen LogP contribution in [0, 0.1) is 6.92 Å². The predicted molar refractivity (Wildman–Crippen MR) is 79.3 cm³/mol. The molecule has 1 saturated heterocycles. The molecular weight excluding hydrogens is 302 g/mol. The van der Waals surface area contributed by atoms with E-state index in [1.807, 2.05) is 11.4 Å². The highest BCUT2D eigenvalue weighted by atomic mass is 32.1. The number of hydrogen-bond acceptors (Lipinski definition) is 5. The summed E-state index contributed by atoms with van der Waals surface area (Å²) in [4.78, 5) is 31.8. The van der Waals surface area contributed by atoms with Gasteiger partial charge in [-0.3, -0.25) is 9.69 Å². The average molecular weight is 317 g/mol. The summed E-state index contributed by atoms with van der Waals surface area (Å²) in [5, 5.41) is 4.91. The van der Waals surface area contributed by atoms with Crippen LogP contribution in [0.25, 0.3) is 0 Å². The molecule has 22 heavy (non-hydrogen) atoms. The fraction of sp³-hybridized carbons (Fsp3) is 0.400. The molecule has 2 aromatic rings. The molecule has 3 heterocycles. The Bertz CT molecular complexity index is 766. The molecule has 4 rings (SSSR count). The van der Waals surface area contributed by atoms with E-state index in [0.29, 0.717) is 17.9 Å². The number of amides is 3. The second-order valence-corrected chi connectivity index (χ2v) is 6.70. The van der Waals surface area contributed by atoms with Gasteiger partial charge < -0.3 is 9.73 Å². The molecule has 114 valence electrons. The first kappa shape index (κ1) is 13.5. The fourth-order valence-corrected chi connectivity index (χ4v) is 4.31. The maximum atomic E-state index is 13.0. The molecule has 1 spiro atoms. The lowest BCUT2D eigenvalue weighted by Crippen LogP contribution is -2.46. The monoisotopic (exact) mass is 317 g/mol. The summed E-state index contributed by atoms with van der Waals surface area (Å²) in [5.74, 6) is 0.356. The molecule has 1 fully saturated rings. The molecular formula is C15H15N3O3S. The fourth-order valence-electron chi connectivity index (χ4n) is 3.31. The van der Waals surface area contributed by atoms with Crippen LogP contribution in [0.15, 0.2) is 22.3 Å². The molecule has 1 unspecified atom stereocenters. The minimum atomic E-state index is -0.890. The number of nitrogens with zero attached hydrogens (tertiary/aromatic N) is 2. The first-order valence-corrected chi connectivity index (χ1v) is 8.10. The highest BCUT2D eigenvalue weighted by Gasteiger charge is 2.54. The molecule has 2 aromatic heterocycles. The van der Waals surface area contributed by atoms with Crippen molar-refractivity contribution in [2.75, 3.05) is 0 Å². The van der Waals surface area contributed by atoms with E-state index in [-0.39, 0.29) is 18.5 Å². The van der Waals surface area contributed by atoms with Crippen LogP contribution in [0.4, 0.5) is 4.79 Å². The SMILES string of the molecule is Cc1ncoc1CN1C(=O)NC2(CCCc3sccc32)C1=O. The summed E-state index contributed by atoms with van der Waals surface area (Å²) in [7, 11) is 0. The van der Waals surface area contributed by atoms with Gasteiger partial charge in [-0.1, -0.05) is 0 Å². The third kappa shape index (κ3) is 1.75. The van der Waals surface area contributed by atoms with Crippen LogP contribution < -0.4 is 5.32 Å². The van der Waals surface area contributed by atoms with Crippen molar-refractivity contribution in [3.63, 3.8) is 0 Å². The lowest BCUT2D eigenvalue weighted by molar-refractivity contribution is -0.132. The number of imide groups is 1. The molecule has 2 aliphatic rings. The predicted octanol–water partition coefficient (Wildman–Crippen LogP) is 2.33. The van der Waals surface area contributed by atoms with Gasteiger partial charge in [-0.15, -0.1) is 11.3 Å². The zero-order valence-corrected chi connectivity index (χ0v) is 12.9. The summed E-state index contributed by atoms with van der Waals surface area (Å²) >= 11 is 1.65. The van der Waals surface area contributed by atoms with Crippen molar-refractivity contribution in [3.05, 3.63) is 39.7 Å². The molecule has 1 N–H and O–H groups in total. The first-order chi connectivity index (χ1) is 10.6. The van der Waals surface area contributed by atoms with E-state index >= 15 is 0 Å². The number of carbonyl (C=O) groups is 2. The van der Waals surface area contributed by atoms with E-state index in [2.05, 4.69) is 10.3 Å². The van der Waals surface area contributed by atoms with E-state index < -0.39 is 5.54 Å². The van der Waals surface area contributed by atoms with Crippen molar-refractivity contribution in [2.45, 2.75) is 38.3 Å². The van der Waals surface area contributed by atoms with Gasteiger partial charge in [0.15, 0.2) is 6.39 Å². The third-order valence-electron chi connectivity index (χ3n) is 4.48. The quantitative estimate of drug-likeness (QED) is 0.863. The highest BCUT2D eigenvalue weighted by Crippen LogP contribution is 2.42. The number of rotatable bonds is 2. The number of aryl methyl sites for hydroxylation is 2. The van der Waals surface area contributed by atoms with Gasteiger partial charge in [-0.05, 0) is 37.6 Å². The van der Waals surface area contributed by atoms with E-state index in [1.54, 1.807) is 18.3 Å². The van der Waals surface area contributed by atoms with Gasteiger partial charge >= 0.3 is 6.03 Å². The van der Waals surface area contributed by atoms with Gasteiger partial charge in [-0.25, -0.2) is 9.78 Å². The van der Waals surface area contributed by atoms with Crippen LogP contribution >= 0.6 is 11.3 Å². The number of oxazole rings is 1. The van der Waals surface area contributed by atoms with Gasteiger partial charge in [0.05, 0.1) is 12.2 Å². The number of urea groups is 1. The molecule has 0 radical (unpaired) electrons. The lowest BCUT2D eigenvalue weighted by atomic mass is 9.80. The zero-order chi connectivity index (χ0) is 15.3. The third-order valence-corrected chi connectivity index (χ3v) is 5.46. The normalized spacial score (nSPS) is 24.0. The zero-order valence-electron chi connectivity index (χ0n) is 12.1. The topological polar surface area (TPSA) is 75.4 Å². The lowest BCUT2D eigenvalue weighted by Gasteiger charge is -2.31. The molecule has 1 aliphatic carbocycles. The van der Waals surface area contributed by atoms with Crippen LogP contribution in [0.2, 0.25) is 0 Å². The Balaban J connectivity index is 1.70. The maximum absolute atomic E-state index is 13.0. The number of nitrogens with one attached hydrogen (secondary N) is 1. The second kappa shape index (κ2) is 4.67. The number of aromatic nitrogens is 1. The molecule has 0 saturated carbocycles. The molecule has 0 bridgehead atoms. The van der Waals surface area contributed by atoms with Crippen molar-refractivity contribution < 1.29 is 14.0 Å². The Morgan fingerprint density at radius 1 is 1.50 bits per heavy atom. The van der Waals surface area contributed by atoms with Crippen LogP contribution in [-0.4, -0.2) is 21.8 Å². The van der Waals surface area contributed by atoms with Gasteiger partial charge in [-0.2, -0.15) is 0 Å². The molecule has 7 heteroatoms. The number of fused-ring (bicyclic) bond motifs is 2. The number of thiophene rings is 1. The van der Waals surface area contributed by atoms with E-state index in [0.717, 1.165) is 18.4 Å². The summed E-state index contributed by atoms with van der Waals surface area (Å²) < 4.78 is 5.27. The largest absolute Gasteiger partial charge is 0.446 e. The van der Waals surface area contributed by atoms with Crippen molar-refractivity contribution in [2.24, 2.45) is 0 Å². The van der Waals surface area contributed by atoms with Gasteiger partial charge in [0, 0.05) is 10.4 Å². The summed E-state index contributed by atoms with van der Waals surface area (Å²) in [6.45, 7) is 1.92. The second-order valence-electron chi connectivity index (χ2n) is 5.70. The molecule has 0 aromatic carbocycles. The highest BCUT2D eigenvalue weighted by molar-refractivity contribution is 7.10. The van der Waals surface area contributed by atoms with Crippen molar-refractivity contribution in [3.8, 4) is 0 Å². The van der Waals surface area contributed by atoms with Crippen molar-refractivity contribution >= 4 is 23.3 Å². The van der Waals surface area contributed by atoms with Crippen LogP contribution in [0.3, 0.4) is 0 Å². The molecule has 6 nitrogen and oxygen atoms in total. The van der Waals surface area contributed by atoms with E-state index in [1.165, 1.54) is 16.2 Å². The standard InChI is InChI=1S/C15H15N3O3S/c1-9-11(21-8-16-9)7-18-13(19)15(17-14(18)20)5-2-3-12-10(15)4-6-22-12/h4,6,8H,2-3,5,7H2,1H3,(H,17,20). The Hall–Kier alpha value is -2.15. The Kier molecular flexibility index (Phi) is 2.87. The Morgan fingerprint density at radius 3 is 3.14 bits per heavy atom.